The highest BCUT2D eigenvalue weighted by Crippen LogP contribution is 2.66. The number of amides is 1. The van der Waals surface area contributed by atoms with Gasteiger partial charge in [-0.25, -0.2) is 14.1 Å². The van der Waals surface area contributed by atoms with Crippen LogP contribution in [0.2, 0.25) is 10.0 Å². The Morgan fingerprint density at radius 3 is 2.69 bits per heavy atom. The van der Waals surface area contributed by atoms with Gasteiger partial charge in [0.25, 0.3) is 0 Å². The van der Waals surface area contributed by atoms with Gasteiger partial charge < -0.3 is 20.5 Å². The Kier molecular flexibility index (Phi) is 7.07. The van der Waals surface area contributed by atoms with Gasteiger partial charge in [0.15, 0.2) is 5.82 Å². The van der Waals surface area contributed by atoms with Crippen molar-refractivity contribution >= 4 is 50.9 Å². The topological polar surface area (TPSA) is 131 Å². The normalized spacial score (nSPS) is 30.7. The van der Waals surface area contributed by atoms with E-state index in [2.05, 4.69) is 43.4 Å². The lowest BCUT2D eigenvalue weighted by molar-refractivity contribution is -0.133. The van der Waals surface area contributed by atoms with Crippen LogP contribution in [-0.2, 0) is 16.6 Å². The summed E-state index contributed by atoms with van der Waals surface area (Å²) in [6.07, 6.45) is 9.15. The number of hydrogen-bond donors (Lipinski definition) is 2. The maximum Gasteiger partial charge on any atom is 0.226 e. The van der Waals surface area contributed by atoms with E-state index < -0.39 is 5.82 Å². The SMILES string of the molecule is Cc1nc2c(F)c(-c3cccc(Cl)c3Cl)c(CCC#N)cc2c2c1cc(C1CC(n3cc(C45CC(N)(C4)C5)nn3)CN1C(=O)C1CC1)n2C1C2CNC1C2. The second-order valence-electron chi connectivity index (χ2n) is 17.2. The molecule has 3 saturated heterocycles. The van der Waals surface area contributed by atoms with Crippen molar-refractivity contribution in [3.63, 3.8) is 0 Å². The zero-order valence-corrected chi connectivity index (χ0v) is 31.5. The van der Waals surface area contributed by atoms with E-state index >= 15 is 4.39 Å². The molecule has 5 unspecified atom stereocenters. The number of hydrogen-bond acceptors (Lipinski definition) is 7. The van der Waals surface area contributed by atoms with Crippen LogP contribution in [-0.4, -0.2) is 60.0 Å². The summed E-state index contributed by atoms with van der Waals surface area (Å²) < 4.78 is 21.7. The van der Waals surface area contributed by atoms with Crippen LogP contribution in [0.25, 0.3) is 32.9 Å². The number of fused-ring (bicyclic) bond motifs is 4. The summed E-state index contributed by atoms with van der Waals surface area (Å²) in [6, 6.07) is 11.9. The number of nitrogens with one attached hydrogen (secondary N) is 1. The van der Waals surface area contributed by atoms with Crippen molar-refractivity contribution < 1.29 is 9.18 Å². The fourth-order valence-electron chi connectivity index (χ4n) is 11.0. The molecule has 3 aliphatic heterocycles. The molecule has 13 heteroatoms. The third kappa shape index (κ3) is 4.63. The first-order valence-corrected chi connectivity index (χ1v) is 20.0. The number of carbonyl (C=O) groups is 1. The second kappa shape index (κ2) is 11.5. The molecule has 54 heavy (non-hydrogen) atoms. The lowest BCUT2D eigenvalue weighted by Gasteiger charge is -2.68. The van der Waals surface area contributed by atoms with Gasteiger partial charge in [-0.15, -0.1) is 5.10 Å². The molecular formula is C41H40Cl2FN9O. The highest BCUT2D eigenvalue weighted by molar-refractivity contribution is 6.43. The number of carbonyl (C=O) groups excluding carboxylic acids is 1. The van der Waals surface area contributed by atoms with E-state index in [9.17, 15) is 10.1 Å². The zero-order chi connectivity index (χ0) is 36.8. The Bertz CT molecular complexity index is 2470. The van der Waals surface area contributed by atoms with Crippen LogP contribution in [0.1, 0.15) is 92.1 Å². The highest BCUT2D eigenvalue weighted by Gasteiger charge is 2.67. The zero-order valence-electron chi connectivity index (χ0n) is 30.0. The molecule has 5 aromatic rings. The van der Waals surface area contributed by atoms with Crippen LogP contribution >= 0.6 is 23.2 Å². The maximum atomic E-state index is 17.3. The molecule has 5 atom stereocenters. The van der Waals surface area contributed by atoms with Gasteiger partial charge in [0, 0.05) is 81.9 Å². The van der Waals surface area contributed by atoms with Crippen molar-refractivity contribution in [3.05, 3.63) is 75.0 Å². The number of aromatic nitrogens is 5. The lowest BCUT2D eigenvalue weighted by Crippen LogP contribution is -2.74. The molecule has 3 aromatic heterocycles. The molecule has 4 bridgehead atoms. The fraction of sp³-hybridized carbons (Fsp3) is 0.488. The Balaban J connectivity index is 1.09. The minimum absolute atomic E-state index is 0.0284. The molecule has 13 rings (SSSR count). The highest BCUT2D eigenvalue weighted by atomic mass is 35.5. The lowest BCUT2D eigenvalue weighted by atomic mass is 9.39. The van der Waals surface area contributed by atoms with Crippen molar-refractivity contribution in [3.8, 4) is 17.2 Å². The first-order valence-electron chi connectivity index (χ1n) is 19.3. The van der Waals surface area contributed by atoms with Gasteiger partial charge in [-0.05, 0) is 88.0 Å². The summed E-state index contributed by atoms with van der Waals surface area (Å²) in [5.74, 6) is 0.195. The number of halogens is 3. The van der Waals surface area contributed by atoms with Gasteiger partial charge in [-0.3, -0.25) is 4.79 Å². The molecule has 10 nitrogen and oxygen atoms in total. The molecule has 3 N–H and O–H groups in total. The van der Waals surface area contributed by atoms with Crippen LogP contribution in [0, 0.1) is 35.9 Å². The van der Waals surface area contributed by atoms with Crippen molar-refractivity contribution in [2.75, 3.05) is 13.1 Å². The van der Waals surface area contributed by atoms with Gasteiger partial charge in [-0.1, -0.05) is 40.5 Å². The Morgan fingerprint density at radius 1 is 1.17 bits per heavy atom. The van der Waals surface area contributed by atoms with E-state index in [1.165, 1.54) is 0 Å². The summed E-state index contributed by atoms with van der Waals surface area (Å²) in [4.78, 5) is 21.2. The van der Waals surface area contributed by atoms with E-state index in [0.29, 0.717) is 52.4 Å². The van der Waals surface area contributed by atoms with E-state index in [1.807, 2.05) is 17.7 Å². The van der Waals surface area contributed by atoms with Crippen LogP contribution in [0.3, 0.4) is 0 Å². The Labute approximate surface area is 321 Å². The van der Waals surface area contributed by atoms with Crippen LogP contribution in [0.15, 0.2) is 36.5 Å². The van der Waals surface area contributed by atoms with Crippen LogP contribution in [0.4, 0.5) is 4.39 Å². The first-order chi connectivity index (χ1) is 26.1. The fourth-order valence-corrected chi connectivity index (χ4v) is 11.4. The number of nitrogens with two attached hydrogens (primary N) is 1. The number of benzene rings is 2. The van der Waals surface area contributed by atoms with E-state index in [-0.39, 0.29) is 63.9 Å². The van der Waals surface area contributed by atoms with Crippen molar-refractivity contribution in [2.24, 2.45) is 17.6 Å². The van der Waals surface area contributed by atoms with E-state index in [4.69, 9.17) is 33.9 Å². The van der Waals surface area contributed by atoms with Gasteiger partial charge >= 0.3 is 0 Å². The van der Waals surface area contributed by atoms with E-state index in [0.717, 1.165) is 73.1 Å². The summed E-state index contributed by atoms with van der Waals surface area (Å²) >= 11 is 13.2. The first kappa shape index (κ1) is 33.3. The largest absolute Gasteiger partial charge is 0.337 e. The average molecular weight is 765 g/mol. The monoisotopic (exact) mass is 763 g/mol. The molecule has 2 aromatic carbocycles. The number of rotatable bonds is 8. The number of pyridine rings is 1. The third-order valence-electron chi connectivity index (χ3n) is 13.8. The van der Waals surface area contributed by atoms with Crippen molar-refractivity contribution in [2.45, 2.75) is 99.8 Å². The minimum atomic E-state index is -0.476. The Hall–Kier alpha value is -4.08. The Morgan fingerprint density at radius 2 is 1.98 bits per heavy atom. The van der Waals surface area contributed by atoms with Crippen LogP contribution in [0.5, 0.6) is 0 Å². The summed E-state index contributed by atoms with van der Waals surface area (Å²) in [5, 5.41) is 24.9. The standard InChI is InChI=1S/C41H40Cl2FN9O/c1-20-26-13-31(30-12-24(15-51(30)39(54)21-7-8-21)52-16-32(49-50-52)40-17-41(46,18-40)19-40)53(37-23-11-29(37)47-14-23)38(26)27-10-22(4-3-9-45)33(35(44)36(27)48-20)25-5-2-6-28(42)34(25)43/h2,5-6,10,13,16,21,23-24,29-30,37,47H,3-4,7-8,11-12,14-15,17-19,46H2,1H3. The van der Waals surface area contributed by atoms with Gasteiger partial charge in [-0.2, -0.15) is 5.26 Å². The smallest absolute Gasteiger partial charge is 0.226 e. The minimum Gasteiger partial charge on any atom is -0.337 e. The predicted octanol–water partition coefficient (Wildman–Crippen LogP) is 7.25. The number of nitriles is 1. The number of nitrogens with zero attached hydrogens (tertiary/aromatic N) is 7. The summed E-state index contributed by atoms with van der Waals surface area (Å²) in [7, 11) is 0. The number of likely N-dealkylation sites (tertiary alicyclic amines) is 1. The molecule has 276 valence electrons. The molecule has 8 fully saturated rings. The van der Waals surface area contributed by atoms with Gasteiger partial charge in [0.2, 0.25) is 5.91 Å². The van der Waals surface area contributed by atoms with Gasteiger partial charge in [0.05, 0.1) is 45.5 Å². The van der Waals surface area contributed by atoms with Crippen LogP contribution < -0.4 is 11.1 Å². The molecule has 8 aliphatic rings. The quantitative estimate of drug-likeness (QED) is 0.170. The summed E-state index contributed by atoms with van der Waals surface area (Å²) in [5.41, 5.74) is 11.9. The van der Waals surface area contributed by atoms with Gasteiger partial charge in [0.1, 0.15) is 5.52 Å². The maximum absolute atomic E-state index is 17.3. The molecular weight excluding hydrogens is 724 g/mol. The predicted molar refractivity (Wildman–Crippen MR) is 204 cm³/mol. The molecule has 0 radical (unpaired) electrons. The molecule has 1 amide bonds. The molecule has 0 spiro atoms. The van der Waals surface area contributed by atoms with Crippen molar-refractivity contribution in [1.29, 1.82) is 5.26 Å². The third-order valence-corrected chi connectivity index (χ3v) is 14.6. The summed E-state index contributed by atoms with van der Waals surface area (Å²) in [6.45, 7) is 3.42. The average Bonchev–Trinajstić information content (AvgIpc) is 3.62. The van der Waals surface area contributed by atoms with E-state index in [1.54, 1.807) is 18.2 Å². The molecule has 5 saturated carbocycles. The van der Waals surface area contributed by atoms with Crippen molar-refractivity contribution in [1.82, 2.24) is 34.8 Å². The molecule has 6 heterocycles. The second-order valence-corrected chi connectivity index (χ2v) is 18.0. The molecule has 5 aliphatic carbocycles. The number of aryl methyl sites for hydroxylation is 2.